The fourth-order valence-corrected chi connectivity index (χ4v) is 3.39. The number of benzene rings is 2. The molecule has 2 aromatic carbocycles. The molecule has 0 bridgehead atoms. The normalized spacial score (nSPS) is 14.1. The first-order chi connectivity index (χ1) is 13.6. The van der Waals surface area contributed by atoms with Gasteiger partial charge < -0.3 is 14.1 Å². The monoisotopic (exact) mass is 395 g/mol. The van der Waals surface area contributed by atoms with E-state index in [2.05, 4.69) is 0 Å². The smallest absolute Gasteiger partial charge is 0.234 e. The van der Waals surface area contributed by atoms with Gasteiger partial charge in [0.25, 0.3) is 0 Å². The van der Waals surface area contributed by atoms with Crippen molar-refractivity contribution in [3.8, 4) is 5.75 Å². The highest BCUT2D eigenvalue weighted by molar-refractivity contribution is 6.30. The third kappa shape index (κ3) is 3.94. The van der Waals surface area contributed by atoms with Crippen LogP contribution >= 0.6 is 11.6 Å². The molecule has 0 saturated carbocycles. The van der Waals surface area contributed by atoms with Crippen LogP contribution in [0, 0.1) is 0 Å². The van der Waals surface area contributed by atoms with Gasteiger partial charge in [-0.15, -0.1) is 0 Å². The van der Waals surface area contributed by atoms with Crippen molar-refractivity contribution in [3.63, 3.8) is 0 Å². The Morgan fingerprint density at radius 3 is 2.86 bits per heavy atom. The minimum Gasteiger partial charge on any atom is -0.491 e. The number of carbonyl (C=O) groups is 2. The van der Waals surface area contributed by atoms with E-state index in [0.29, 0.717) is 30.3 Å². The highest BCUT2D eigenvalue weighted by Crippen LogP contribution is 2.29. The van der Waals surface area contributed by atoms with E-state index in [0.717, 1.165) is 22.1 Å². The van der Waals surface area contributed by atoms with Gasteiger partial charge in [-0.1, -0.05) is 35.9 Å². The van der Waals surface area contributed by atoms with Gasteiger partial charge >= 0.3 is 0 Å². The highest BCUT2D eigenvalue weighted by atomic mass is 35.5. The van der Waals surface area contributed by atoms with E-state index in [4.69, 9.17) is 20.8 Å². The number of halogens is 1. The van der Waals surface area contributed by atoms with E-state index in [1.807, 2.05) is 36.4 Å². The molecule has 0 atom stereocenters. The predicted molar refractivity (Wildman–Crippen MR) is 106 cm³/mol. The summed E-state index contributed by atoms with van der Waals surface area (Å²) in [7, 11) is 0. The maximum atomic E-state index is 11.9. The minimum absolute atomic E-state index is 0.0912. The molecule has 1 aliphatic heterocycles. The molecule has 3 aromatic rings. The van der Waals surface area contributed by atoms with Crippen LogP contribution in [0.15, 0.2) is 65.4 Å². The average molecular weight is 396 g/mol. The number of allylic oxidation sites excluding steroid dienone is 1. The fraction of sp³-hybridized carbons (Fsp3) is 0.182. The molecule has 4 rings (SSSR count). The topological polar surface area (TPSA) is 59.8 Å². The van der Waals surface area contributed by atoms with Crippen LogP contribution in [0.4, 0.5) is 0 Å². The van der Waals surface area contributed by atoms with Gasteiger partial charge in [0.15, 0.2) is 5.78 Å². The highest BCUT2D eigenvalue weighted by Gasteiger charge is 2.19. The molecule has 142 valence electrons. The molecule has 0 aliphatic carbocycles. The Morgan fingerprint density at radius 1 is 1.11 bits per heavy atom. The molecule has 0 saturated heterocycles. The number of nitrogens with zero attached hydrogens (tertiary/aromatic N) is 1. The number of hydrogen-bond acceptors (Lipinski definition) is 4. The number of fused-ring (bicyclic) bond motifs is 1. The maximum absolute atomic E-state index is 11.9. The molecule has 2 heterocycles. The summed E-state index contributed by atoms with van der Waals surface area (Å²) in [5, 5.41) is 1.63. The van der Waals surface area contributed by atoms with Crippen molar-refractivity contribution in [2.24, 2.45) is 0 Å². The van der Waals surface area contributed by atoms with Crippen molar-refractivity contribution in [1.82, 2.24) is 4.90 Å². The summed E-state index contributed by atoms with van der Waals surface area (Å²) in [6, 6.07) is 13.5. The van der Waals surface area contributed by atoms with Crippen molar-refractivity contribution < 1.29 is 18.7 Å². The van der Waals surface area contributed by atoms with Gasteiger partial charge in [0.2, 0.25) is 5.91 Å². The van der Waals surface area contributed by atoms with E-state index in [1.54, 1.807) is 12.3 Å². The molecular formula is C22H18ClNO4. The van der Waals surface area contributed by atoms with Crippen molar-refractivity contribution in [1.29, 1.82) is 0 Å². The van der Waals surface area contributed by atoms with Crippen molar-refractivity contribution in [3.05, 3.63) is 77.2 Å². The molecule has 0 radical (unpaired) electrons. The summed E-state index contributed by atoms with van der Waals surface area (Å²) in [4.78, 5) is 24.6. The van der Waals surface area contributed by atoms with Gasteiger partial charge in [-0.2, -0.15) is 0 Å². The Labute approximate surface area is 167 Å². The summed E-state index contributed by atoms with van der Waals surface area (Å²) in [6.07, 6.45) is 5.14. The van der Waals surface area contributed by atoms with Crippen LogP contribution in [0.25, 0.3) is 11.0 Å². The summed E-state index contributed by atoms with van der Waals surface area (Å²) in [5.74, 6) is 0.277. The summed E-state index contributed by atoms with van der Waals surface area (Å²) < 4.78 is 11.6. The lowest BCUT2D eigenvalue weighted by Gasteiger charge is -2.21. The number of amides is 1. The Hall–Kier alpha value is -3.05. The Morgan fingerprint density at radius 2 is 2.00 bits per heavy atom. The first-order valence-electron chi connectivity index (χ1n) is 8.97. The van der Waals surface area contributed by atoms with E-state index < -0.39 is 0 Å². The summed E-state index contributed by atoms with van der Waals surface area (Å²) >= 11 is 6.15. The zero-order valence-electron chi connectivity index (χ0n) is 15.1. The van der Waals surface area contributed by atoms with Crippen molar-refractivity contribution in [2.45, 2.75) is 12.8 Å². The number of rotatable bonds is 6. The number of furan rings is 1. The summed E-state index contributed by atoms with van der Waals surface area (Å²) in [6.45, 7) is 0.658. The molecular weight excluding hydrogens is 378 g/mol. The van der Waals surface area contributed by atoms with Crippen LogP contribution in [-0.4, -0.2) is 29.7 Å². The molecule has 5 nitrogen and oxygen atoms in total. The largest absolute Gasteiger partial charge is 0.491 e. The molecule has 28 heavy (non-hydrogen) atoms. The lowest BCUT2D eigenvalue weighted by atomic mass is 10.0. The van der Waals surface area contributed by atoms with Gasteiger partial charge in [-0.25, -0.2) is 0 Å². The lowest BCUT2D eigenvalue weighted by molar-refractivity contribution is -0.133. The fourth-order valence-electron chi connectivity index (χ4n) is 3.23. The van der Waals surface area contributed by atoms with Crippen molar-refractivity contribution >= 4 is 34.3 Å². The second-order valence-electron chi connectivity index (χ2n) is 6.58. The second-order valence-corrected chi connectivity index (χ2v) is 7.02. The van der Waals surface area contributed by atoms with E-state index in [-0.39, 0.29) is 18.1 Å². The Balaban J connectivity index is 1.49. The standard InChI is InChI=1S/C22H18ClNO4/c23-18-5-4-16(12-17-3-1-2-15-7-10-28-22(15)17)20(13-18)27-11-9-24-8-6-19(25)14-21(24)26/h1-8,10,13H,9,11-12,14H2. The molecule has 1 aromatic heterocycles. The molecule has 6 heteroatoms. The van der Waals surface area contributed by atoms with Crippen LogP contribution in [0.1, 0.15) is 17.5 Å². The number of hydrogen-bond donors (Lipinski definition) is 0. The number of ether oxygens (including phenoxy) is 1. The zero-order valence-corrected chi connectivity index (χ0v) is 15.8. The van der Waals surface area contributed by atoms with E-state index in [9.17, 15) is 9.59 Å². The third-order valence-corrected chi connectivity index (χ3v) is 4.88. The van der Waals surface area contributed by atoms with Crippen molar-refractivity contribution in [2.75, 3.05) is 13.2 Å². The molecule has 0 fully saturated rings. The molecule has 0 unspecified atom stereocenters. The second kappa shape index (κ2) is 7.90. The van der Waals surface area contributed by atoms with Gasteiger partial charge in [0.1, 0.15) is 17.9 Å². The molecule has 1 amide bonds. The first kappa shape index (κ1) is 18.3. The Kier molecular flexibility index (Phi) is 5.17. The van der Waals surface area contributed by atoms with Gasteiger partial charge in [0, 0.05) is 23.0 Å². The van der Waals surface area contributed by atoms with Gasteiger partial charge in [0.05, 0.1) is 19.2 Å². The van der Waals surface area contributed by atoms with Crippen LogP contribution in [0.2, 0.25) is 5.02 Å². The number of para-hydroxylation sites is 1. The molecule has 1 aliphatic rings. The SMILES string of the molecule is O=C1C=CN(CCOc2cc(Cl)ccc2Cc2cccc3ccoc23)C(=O)C1. The third-order valence-electron chi connectivity index (χ3n) is 4.65. The summed E-state index contributed by atoms with van der Waals surface area (Å²) in [5.41, 5.74) is 2.89. The molecule has 0 spiro atoms. The van der Waals surface area contributed by atoms with Crippen LogP contribution in [0.5, 0.6) is 5.75 Å². The zero-order chi connectivity index (χ0) is 19.5. The minimum atomic E-state index is -0.216. The molecule has 0 N–H and O–H groups in total. The lowest BCUT2D eigenvalue weighted by Crippen LogP contribution is -2.34. The maximum Gasteiger partial charge on any atom is 0.234 e. The van der Waals surface area contributed by atoms with E-state index in [1.165, 1.54) is 17.2 Å². The van der Waals surface area contributed by atoms with Gasteiger partial charge in [-0.3, -0.25) is 9.59 Å². The van der Waals surface area contributed by atoms with Crippen LogP contribution < -0.4 is 4.74 Å². The van der Waals surface area contributed by atoms with E-state index >= 15 is 0 Å². The Bertz CT molecular complexity index is 1070. The number of carbonyl (C=O) groups excluding carboxylic acids is 2. The first-order valence-corrected chi connectivity index (χ1v) is 9.35. The van der Waals surface area contributed by atoms with Gasteiger partial charge in [-0.05, 0) is 35.4 Å². The number of ketones is 1. The van der Waals surface area contributed by atoms with Crippen LogP contribution in [0.3, 0.4) is 0 Å². The average Bonchev–Trinajstić information content (AvgIpc) is 3.15. The predicted octanol–water partition coefficient (Wildman–Crippen LogP) is 4.37. The van der Waals surface area contributed by atoms with Crippen LogP contribution in [-0.2, 0) is 16.0 Å². The quantitative estimate of drug-likeness (QED) is 0.581.